The summed E-state index contributed by atoms with van der Waals surface area (Å²) in [6, 6.07) is 26.8. The van der Waals surface area contributed by atoms with Crippen molar-refractivity contribution in [3.8, 4) is 11.5 Å². The van der Waals surface area contributed by atoms with E-state index in [4.69, 9.17) is 9.47 Å². The molecule has 10 nitrogen and oxygen atoms in total. The summed E-state index contributed by atoms with van der Waals surface area (Å²) >= 11 is 0. The van der Waals surface area contributed by atoms with Crippen molar-refractivity contribution in [2.75, 3.05) is 31.0 Å². The van der Waals surface area contributed by atoms with Crippen molar-refractivity contribution in [2.24, 2.45) is 5.92 Å². The van der Waals surface area contributed by atoms with Crippen molar-refractivity contribution in [1.29, 1.82) is 0 Å². The number of methoxy groups -OCH3 is 2. The first-order valence-electron chi connectivity index (χ1n) is 16.6. The van der Waals surface area contributed by atoms with E-state index in [0.717, 1.165) is 16.7 Å². The quantitative estimate of drug-likeness (QED) is 0.186. The van der Waals surface area contributed by atoms with Crippen molar-refractivity contribution in [3.63, 3.8) is 0 Å². The molecule has 2 aliphatic rings. The molecule has 0 bridgehead atoms. The van der Waals surface area contributed by atoms with Crippen LogP contribution in [0.2, 0.25) is 0 Å². The Morgan fingerprint density at radius 3 is 2.40 bits per heavy atom. The highest BCUT2D eigenvalue weighted by Crippen LogP contribution is 2.47. The predicted octanol–water partition coefficient (Wildman–Crippen LogP) is 5.22. The number of rotatable bonds is 11. The zero-order chi connectivity index (χ0) is 35.4. The number of ether oxygens (including phenoxy) is 2. The summed E-state index contributed by atoms with van der Waals surface area (Å²) in [4.78, 5) is 43.7. The second kappa shape index (κ2) is 14.6. The highest BCUT2D eigenvalue weighted by atomic mass is 16.5. The van der Waals surface area contributed by atoms with Crippen LogP contribution in [0, 0.1) is 5.92 Å². The van der Waals surface area contributed by atoms with Crippen molar-refractivity contribution in [1.82, 2.24) is 4.90 Å². The van der Waals surface area contributed by atoms with E-state index < -0.39 is 17.4 Å². The van der Waals surface area contributed by atoms with Crippen LogP contribution in [-0.2, 0) is 34.7 Å². The third-order valence-corrected chi connectivity index (χ3v) is 9.62. The van der Waals surface area contributed by atoms with Crippen molar-refractivity contribution in [3.05, 3.63) is 131 Å². The molecule has 0 spiro atoms. The number of aliphatic hydroxyl groups is 2. The van der Waals surface area contributed by atoms with Gasteiger partial charge in [-0.25, -0.2) is 0 Å². The summed E-state index contributed by atoms with van der Waals surface area (Å²) in [6.07, 6.45) is 4.02. The predicted molar refractivity (Wildman–Crippen MR) is 190 cm³/mol. The Morgan fingerprint density at radius 1 is 0.960 bits per heavy atom. The van der Waals surface area contributed by atoms with Crippen LogP contribution in [0.15, 0.2) is 103 Å². The smallest absolute Gasteiger partial charge is 0.264 e. The first kappa shape index (κ1) is 34.4. The van der Waals surface area contributed by atoms with Gasteiger partial charge in [0.05, 0.1) is 39.1 Å². The molecule has 258 valence electrons. The highest BCUT2D eigenvalue weighted by molar-refractivity contribution is 6.07. The Balaban J connectivity index is 1.19. The normalized spacial score (nSPS) is 18.8. The molecule has 3 N–H and O–H groups in total. The van der Waals surface area contributed by atoms with E-state index in [0.29, 0.717) is 47.0 Å². The molecule has 2 heterocycles. The number of fused-ring (bicyclic) bond motifs is 2. The average molecular weight is 676 g/mol. The summed E-state index contributed by atoms with van der Waals surface area (Å²) in [5, 5.41) is 25.1. The van der Waals surface area contributed by atoms with Gasteiger partial charge in [-0.15, -0.1) is 0 Å². The lowest BCUT2D eigenvalue weighted by atomic mass is 9.82. The van der Waals surface area contributed by atoms with E-state index in [1.807, 2.05) is 30.3 Å². The Morgan fingerprint density at radius 2 is 1.68 bits per heavy atom. The van der Waals surface area contributed by atoms with Gasteiger partial charge in [0.25, 0.3) is 11.8 Å². The maximum atomic E-state index is 14.2. The molecule has 2 aliphatic heterocycles. The molecule has 0 aliphatic carbocycles. The van der Waals surface area contributed by atoms with Crippen molar-refractivity contribution >= 4 is 29.1 Å². The Labute approximate surface area is 291 Å². The SMILES string of the molecule is COc1ccc(C(=O)Nc2cccc(CN3C(=O)[C@](O)([C@H](C)/C=C/CC(=O)N4Cc5ccccc5C[C@H]4CO)c4cc(OC)ccc43)c2)cc1. The van der Waals surface area contributed by atoms with Gasteiger partial charge in [-0.2, -0.15) is 0 Å². The molecular formula is C40H41N3O7. The molecule has 0 unspecified atom stereocenters. The van der Waals surface area contributed by atoms with Crippen LogP contribution in [0.3, 0.4) is 0 Å². The number of anilines is 2. The number of nitrogens with zero attached hydrogens (tertiary/aromatic N) is 2. The monoisotopic (exact) mass is 675 g/mol. The third-order valence-electron chi connectivity index (χ3n) is 9.62. The summed E-state index contributed by atoms with van der Waals surface area (Å²) in [5.41, 5.74) is 2.98. The van der Waals surface area contributed by atoms with Gasteiger partial charge in [0.15, 0.2) is 5.60 Å². The van der Waals surface area contributed by atoms with E-state index in [2.05, 4.69) is 5.32 Å². The van der Waals surface area contributed by atoms with Crippen LogP contribution < -0.4 is 19.7 Å². The fourth-order valence-electron chi connectivity index (χ4n) is 6.76. The third kappa shape index (κ3) is 6.72. The fraction of sp³-hybridized carbons (Fsp3) is 0.275. The Hall–Kier alpha value is -5.45. The van der Waals surface area contributed by atoms with E-state index in [1.54, 1.807) is 91.7 Å². The van der Waals surface area contributed by atoms with Crippen molar-refractivity contribution < 1.29 is 34.1 Å². The zero-order valence-corrected chi connectivity index (χ0v) is 28.3. The van der Waals surface area contributed by atoms with Gasteiger partial charge in [-0.3, -0.25) is 14.4 Å². The van der Waals surface area contributed by atoms with Crippen LogP contribution in [0.4, 0.5) is 11.4 Å². The maximum absolute atomic E-state index is 14.2. The number of aliphatic hydroxyl groups excluding tert-OH is 1. The number of carbonyl (C=O) groups is 3. The first-order valence-corrected chi connectivity index (χ1v) is 16.6. The minimum absolute atomic E-state index is 0.0526. The van der Waals surface area contributed by atoms with E-state index in [-0.39, 0.29) is 37.4 Å². The lowest BCUT2D eigenvalue weighted by Gasteiger charge is -2.36. The maximum Gasteiger partial charge on any atom is 0.264 e. The van der Waals surface area contributed by atoms with Crippen LogP contribution in [0.25, 0.3) is 0 Å². The van der Waals surface area contributed by atoms with Gasteiger partial charge in [0, 0.05) is 35.7 Å². The lowest BCUT2D eigenvalue weighted by molar-refractivity contribution is -0.139. The molecule has 10 heteroatoms. The molecule has 0 radical (unpaired) electrons. The second-order valence-electron chi connectivity index (χ2n) is 12.7. The lowest BCUT2D eigenvalue weighted by Crippen LogP contribution is -2.46. The number of carbonyl (C=O) groups excluding carboxylic acids is 3. The van der Waals surface area contributed by atoms with Gasteiger partial charge in [-0.1, -0.05) is 55.5 Å². The topological polar surface area (TPSA) is 129 Å². The van der Waals surface area contributed by atoms with Gasteiger partial charge >= 0.3 is 0 Å². The van der Waals surface area contributed by atoms with Crippen LogP contribution in [0.5, 0.6) is 11.5 Å². The van der Waals surface area contributed by atoms with Gasteiger partial charge in [0.1, 0.15) is 11.5 Å². The van der Waals surface area contributed by atoms with Gasteiger partial charge in [-0.05, 0) is 77.7 Å². The molecule has 0 saturated heterocycles. The van der Waals surface area contributed by atoms with Crippen LogP contribution in [-0.4, -0.2) is 59.7 Å². The summed E-state index contributed by atoms with van der Waals surface area (Å²) in [5.74, 6) is -0.504. The molecule has 3 amide bonds. The minimum atomic E-state index is -1.93. The molecular weight excluding hydrogens is 634 g/mol. The highest BCUT2D eigenvalue weighted by Gasteiger charge is 2.52. The molecule has 6 rings (SSSR count). The largest absolute Gasteiger partial charge is 0.497 e. The van der Waals surface area contributed by atoms with E-state index in [9.17, 15) is 24.6 Å². The van der Waals surface area contributed by atoms with E-state index in [1.165, 1.54) is 12.0 Å². The molecule has 50 heavy (non-hydrogen) atoms. The number of nitrogens with one attached hydrogen (secondary N) is 1. The minimum Gasteiger partial charge on any atom is -0.497 e. The number of amides is 3. The number of hydrogen-bond donors (Lipinski definition) is 3. The molecule has 0 saturated carbocycles. The average Bonchev–Trinajstić information content (AvgIpc) is 3.36. The molecule has 0 aromatic heterocycles. The van der Waals surface area contributed by atoms with Crippen LogP contribution >= 0.6 is 0 Å². The molecule has 4 aromatic rings. The molecule has 3 atom stereocenters. The Kier molecular flexibility index (Phi) is 10.0. The van der Waals surface area contributed by atoms with Gasteiger partial charge < -0.3 is 34.8 Å². The molecule has 4 aromatic carbocycles. The summed E-state index contributed by atoms with van der Waals surface area (Å²) in [7, 11) is 3.08. The summed E-state index contributed by atoms with van der Waals surface area (Å²) in [6.45, 7) is 2.16. The van der Waals surface area contributed by atoms with E-state index >= 15 is 0 Å². The van der Waals surface area contributed by atoms with Gasteiger partial charge in [0.2, 0.25) is 5.91 Å². The number of benzene rings is 4. The second-order valence-corrected chi connectivity index (χ2v) is 12.7. The number of hydrogen-bond acceptors (Lipinski definition) is 7. The van der Waals surface area contributed by atoms with Crippen molar-refractivity contribution in [2.45, 2.75) is 44.5 Å². The first-order chi connectivity index (χ1) is 24.2. The zero-order valence-electron chi connectivity index (χ0n) is 28.3. The fourth-order valence-corrected chi connectivity index (χ4v) is 6.76. The molecule has 0 fully saturated rings. The standard InChI is InChI=1S/C40H41N3O7/c1-26(8-6-13-37(45)42-24-30-11-5-4-10-29(30)21-32(42)25-44)40(48)35-22-34(50-3)18-19-36(35)43(39(40)47)23-27-9-7-12-31(20-27)41-38(46)28-14-16-33(49-2)17-15-28/h4-12,14-20,22,26,32,44,48H,13,21,23-25H2,1-3H3,(H,41,46)/b8-6+/t26-,32+,40+/m1/s1. The van der Waals surface area contributed by atoms with Crippen LogP contribution in [0.1, 0.15) is 46.0 Å². The summed E-state index contributed by atoms with van der Waals surface area (Å²) < 4.78 is 10.6. The Bertz CT molecular complexity index is 1920.